The van der Waals surface area contributed by atoms with Crippen molar-refractivity contribution < 1.29 is 4.79 Å². The van der Waals surface area contributed by atoms with Crippen LogP contribution in [0.4, 0.5) is 5.69 Å². The second kappa shape index (κ2) is 5.89. The second-order valence-electron chi connectivity index (χ2n) is 3.85. The smallest absolute Gasteiger partial charge is 0.252 e. The molecule has 3 nitrogen and oxygen atoms in total. The maximum absolute atomic E-state index is 11.9. The average Bonchev–Trinajstić information content (AvgIpc) is 2.85. The summed E-state index contributed by atoms with van der Waals surface area (Å²) < 4.78 is 0. The molecule has 0 saturated heterocycles. The predicted octanol–water partition coefficient (Wildman–Crippen LogP) is 2.96. The fraction of sp³-hybridized carbons (Fsp3) is 0.154. The quantitative estimate of drug-likeness (QED) is 0.846. The van der Waals surface area contributed by atoms with Crippen LogP contribution in [0.5, 0.6) is 0 Å². The molecule has 0 saturated carbocycles. The third kappa shape index (κ3) is 3.03. The molecule has 2 aromatic rings. The number of hydrogen-bond donors (Lipinski definition) is 2. The topological polar surface area (TPSA) is 55.1 Å². The number of hydrogen-bond acceptors (Lipinski definition) is 3. The predicted molar refractivity (Wildman–Crippen MR) is 76.2 cm³/mol. The fourth-order valence-electron chi connectivity index (χ4n) is 1.58. The molecule has 1 aromatic carbocycles. The SMILES string of the molecule is Nc1cccc(C(=O)NCCc2ccsc2)c1Cl. The molecule has 1 heterocycles. The number of benzene rings is 1. The molecule has 0 aliphatic heterocycles. The molecular weight excluding hydrogens is 268 g/mol. The fourth-order valence-corrected chi connectivity index (χ4v) is 2.49. The standard InChI is InChI=1S/C13H13ClN2OS/c14-12-10(2-1-3-11(12)15)13(17)16-6-4-9-5-7-18-8-9/h1-3,5,7-8H,4,6,15H2,(H,16,17). The molecule has 0 fully saturated rings. The Kier molecular flexibility index (Phi) is 4.23. The molecule has 0 bridgehead atoms. The second-order valence-corrected chi connectivity index (χ2v) is 5.00. The van der Waals surface area contributed by atoms with E-state index in [4.69, 9.17) is 17.3 Å². The number of nitrogen functional groups attached to an aromatic ring is 1. The summed E-state index contributed by atoms with van der Waals surface area (Å²) in [5.41, 5.74) is 7.71. The largest absolute Gasteiger partial charge is 0.398 e. The van der Waals surface area contributed by atoms with E-state index in [0.29, 0.717) is 22.8 Å². The number of thiophene rings is 1. The van der Waals surface area contributed by atoms with E-state index in [1.54, 1.807) is 29.5 Å². The molecule has 0 spiro atoms. The van der Waals surface area contributed by atoms with E-state index in [2.05, 4.69) is 10.7 Å². The highest BCUT2D eigenvalue weighted by Gasteiger charge is 2.11. The molecular formula is C13H13ClN2OS. The summed E-state index contributed by atoms with van der Waals surface area (Å²) in [5.74, 6) is -0.192. The Labute approximate surface area is 115 Å². The molecule has 0 radical (unpaired) electrons. The number of amides is 1. The summed E-state index contributed by atoms with van der Waals surface area (Å²) in [6.07, 6.45) is 0.815. The van der Waals surface area contributed by atoms with Gasteiger partial charge in [-0.15, -0.1) is 0 Å². The summed E-state index contributed by atoms with van der Waals surface area (Å²) in [4.78, 5) is 11.9. The average molecular weight is 281 g/mol. The van der Waals surface area contributed by atoms with Gasteiger partial charge in [-0.1, -0.05) is 17.7 Å². The van der Waals surface area contributed by atoms with Crippen LogP contribution < -0.4 is 11.1 Å². The molecule has 18 heavy (non-hydrogen) atoms. The van der Waals surface area contributed by atoms with Crippen LogP contribution in [0, 0.1) is 0 Å². The molecule has 0 atom stereocenters. The van der Waals surface area contributed by atoms with Crippen molar-refractivity contribution in [2.45, 2.75) is 6.42 Å². The van der Waals surface area contributed by atoms with E-state index in [9.17, 15) is 4.79 Å². The molecule has 1 amide bonds. The molecule has 1 aromatic heterocycles. The third-order valence-electron chi connectivity index (χ3n) is 2.55. The van der Waals surface area contributed by atoms with Gasteiger partial charge in [0.25, 0.3) is 5.91 Å². The minimum atomic E-state index is -0.192. The van der Waals surface area contributed by atoms with Gasteiger partial charge in [0.15, 0.2) is 0 Å². The lowest BCUT2D eigenvalue weighted by Crippen LogP contribution is -2.26. The van der Waals surface area contributed by atoms with Gasteiger partial charge in [-0.2, -0.15) is 11.3 Å². The van der Waals surface area contributed by atoms with E-state index in [1.165, 1.54) is 5.56 Å². The van der Waals surface area contributed by atoms with Crippen molar-refractivity contribution >= 4 is 34.5 Å². The molecule has 94 valence electrons. The van der Waals surface area contributed by atoms with Crippen LogP contribution in [-0.4, -0.2) is 12.5 Å². The number of anilines is 1. The Morgan fingerprint density at radius 3 is 2.94 bits per heavy atom. The number of nitrogens with two attached hydrogens (primary N) is 1. The van der Waals surface area contributed by atoms with E-state index in [1.807, 2.05) is 11.4 Å². The van der Waals surface area contributed by atoms with Gasteiger partial charge in [0.1, 0.15) is 0 Å². The lowest BCUT2D eigenvalue weighted by atomic mass is 10.2. The lowest BCUT2D eigenvalue weighted by Gasteiger charge is -2.07. The van der Waals surface area contributed by atoms with Crippen molar-refractivity contribution in [3.05, 3.63) is 51.2 Å². The van der Waals surface area contributed by atoms with Gasteiger partial charge in [0, 0.05) is 6.54 Å². The Balaban J connectivity index is 1.93. The Morgan fingerprint density at radius 1 is 1.39 bits per heavy atom. The zero-order valence-electron chi connectivity index (χ0n) is 9.65. The monoisotopic (exact) mass is 280 g/mol. The normalized spacial score (nSPS) is 10.3. The molecule has 0 unspecified atom stereocenters. The Hall–Kier alpha value is -1.52. The zero-order valence-corrected chi connectivity index (χ0v) is 11.2. The van der Waals surface area contributed by atoms with E-state index in [-0.39, 0.29) is 5.91 Å². The number of nitrogens with one attached hydrogen (secondary N) is 1. The first-order valence-electron chi connectivity index (χ1n) is 5.51. The highest BCUT2D eigenvalue weighted by Crippen LogP contribution is 2.22. The summed E-state index contributed by atoms with van der Waals surface area (Å²) >= 11 is 7.63. The van der Waals surface area contributed by atoms with Crippen LogP contribution in [0.3, 0.4) is 0 Å². The molecule has 0 aliphatic carbocycles. The van der Waals surface area contributed by atoms with Gasteiger partial charge in [-0.25, -0.2) is 0 Å². The van der Waals surface area contributed by atoms with Crippen LogP contribution in [0.15, 0.2) is 35.0 Å². The first-order valence-corrected chi connectivity index (χ1v) is 6.84. The van der Waals surface area contributed by atoms with Gasteiger partial charge in [0.2, 0.25) is 0 Å². The highest BCUT2D eigenvalue weighted by atomic mass is 35.5. The zero-order chi connectivity index (χ0) is 13.0. The van der Waals surface area contributed by atoms with Gasteiger partial charge < -0.3 is 11.1 Å². The van der Waals surface area contributed by atoms with Crippen molar-refractivity contribution in [2.24, 2.45) is 0 Å². The maximum Gasteiger partial charge on any atom is 0.252 e. The molecule has 3 N–H and O–H groups in total. The first-order chi connectivity index (χ1) is 8.68. The number of halogens is 1. The van der Waals surface area contributed by atoms with Gasteiger partial charge >= 0.3 is 0 Å². The van der Waals surface area contributed by atoms with Crippen molar-refractivity contribution in [3.63, 3.8) is 0 Å². The Morgan fingerprint density at radius 2 is 2.22 bits per heavy atom. The van der Waals surface area contributed by atoms with Gasteiger partial charge in [-0.05, 0) is 40.9 Å². The maximum atomic E-state index is 11.9. The van der Waals surface area contributed by atoms with Crippen molar-refractivity contribution in [1.29, 1.82) is 0 Å². The Bertz CT molecular complexity index is 540. The summed E-state index contributed by atoms with van der Waals surface area (Å²) in [5, 5.41) is 7.23. The minimum Gasteiger partial charge on any atom is -0.398 e. The van der Waals surface area contributed by atoms with Crippen molar-refractivity contribution in [1.82, 2.24) is 5.32 Å². The van der Waals surface area contributed by atoms with Crippen molar-refractivity contribution in [3.8, 4) is 0 Å². The summed E-state index contributed by atoms with van der Waals surface area (Å²) in [6.45, 7) is 0.584. The van der Waals surface area contributed by atoms with Crippen LogP contribution in [0.1, 0.15) is 15.9 Å². The molecule has 2 rings (SSSR count). The summed E-state index contributed by atoms with van der Waals surface area (Å²) in [7, 11) is 0. The van der Waals surface area contributed by atoms with Gasteiger partial charge in [0.05, 0.1) is 16.3 Å². The lowest BCUT2D eigenvalue weighted by molar-refractivity contribution is 0.0954. The van der Waals surface area contributed by atoms with Gasteiger partial charge in [-0.3, -0.25) is 4.79 Å². The summed E-state index contributed by atoms with van der Waals surface area (Å²) in [6, 6.07) is 7.10. The van der Waals surface area contributed by atoms with Crippen LogP contribution in [0.25, 0.3) is 0 Å². The number of rotatable bonds is 4. The van der Waals surface area contributed by atoms with Crippen LogP contribution in [0.2, 0.25) is 5.02 Å². The van der Waals surface area contributed by atoms with E-state index < -0.39 is 0 Å². The molecule has 5 heteroatoms. The number of carbonyl (C=O) groups is 1. The van der Waals surface area contributed by atoms with E-state index in [0.717, 1.165) is 6.42 Å². The third-order valence-corrected chi connectivity index (χ3v) is 3.71. The van der Waals surface area contributed by atoms with Crippen LogP contribution in [-0.2, 0) is 6.42 Å². The minimum absolute atomic E-state index is 0.192. The van der Waals surface area contributed by atoms with Crippen LogP contribution >= 0.6 is 22.9 Å². The van der Waals surface area contributed by atoms with E-state index >= 15 is 0 Å². The van der Waals surface area contributed by atoms with Crippen molar-refractivity contribution in [2.75, 3.05) is 12.3 Å². The first kappa shape index (κ1) is 12.9. The highest BCUT2D eigenvalue weighted by molar-refractivity contribution is 7.07. The molecule has 0 aliphatic rings. The number of carbonyl (C=O) groups excluding carboxylic acids is 1.